The molecular weight excluding hydrogens is 556 g/mol. The van der Waals surface area contributed by atoms with Crippen molar-refractivity contribution in [3.8, 4) is 0 Å². The molecule has 0 aromatic heterocycles. The maximum Gasteiger partial charge on any atom is 0.310 e. The van der Waals surface area contributed by atoms with E-state index in [1.54, 1.807) is 28.8 Å². The second-order valence-electron chi connectivity index (χ2n) is 11.2. The third kappa shape index (κ3) is 4.93. The van der Waals surface area contributed by atoms with E-state index >= 15 is 0 Å². The Bertz CT molecular complexity index is 909. The van der Waals surface area contributed by atoms with Crippen LogP contribution in [0.15, 0.2) is 25.3 Å². The van der Waals surface area contributed by atoms with E-state index in [0.717, 1.165) is 25.7 Å². The highest BCUT2D eigenvalue weighted by atomic mass is 79.9. The van der Waals surface area contributed by atoms with Crippen LogP contribution in [-0.2, 0) is 19.1 Å². The minimum absolute atomic E-state index is 0.0112. The quantitative estimate of drug-likeness (QED) is 0.168. The molecule has 3 heterocycles. The van der Waals surface area contributed by atoms with Crippen LogP contribution in [0, 0.1) is 17.8 Å². The number of aliphatic hydroxyl groups is 1. The van der Waals surface area contributed by atoms with E-state index in [1.807, 2.05) is 18.7 Å². The molecule has 1 saturated carbocycles. The number of aliphatic hydroxyl groups excluding tert-OH is 1. The van der Waals surface area contributed by atoms with Crippen LogP contribution in [0.1, 0.15) is 58.8 Å². The average molecular weight is 598 g/mol. The first-order valence-electron chi connectivity index (χ1n) is 13.7. The summed E-state index contributed by atoms with van der Waals surface area (Å²) in [5.41, 5.74) is 0. The standard InChI is InChI=1S/C28H41BrN2O5S/c1-5-7-14-36-27(35)21-22-25(33)31(20(16-32)17(3)4)24(28(22)15-19(29)23(21)37-28)26(34)30(13-6-2)18-11-9-8-10-12-18/h5-6,17-24,32H,1-2,7-16H2,3-4H3/t19?,20-,21+,22-,23+,24?,28?/m0/s1. The Morgan fingerprint density at radius 3 is 2.57 bits per heavy atom. The number of rotatable bonds is 11. The number of carbonyl (C=O) groups is 3. The lowest BCUT2D eigenvalue weighted by molar-refractivity contribution is -0.154. The highest BCUT2D eigenvalue weighted by Crippen LogP contribution is 2.68. The van der Waals surface area contributed by atoms with Crippen molar-refractivity contribution >= 4 is 45.5 Å². The number of esters is 1. The maximum atomic E-state index is 14.6. The van der Waals surface area contributed by atoms with Gasteiger partial charge in [0.2, 0.25) is 11.8 Å². The highest BCUT2D eigenvalue weighted by Gasteiger charge is 2.76. The molecule has 4 fully saturated rings. The number of carbonyl (C=O) groups excluding carboxylic acids is 3. The lowest BCUT2D eigenvalue weighted by Gasteiger charge is -2.43. The fraction of sp³-hybridized carbons (Fsp3) is 0.750. The molecule has 3 saturated heterocycles. The molecule has 4 rings (SSSR count). The van der Waals surface area contributed by atoms with Crippen molar-refractivity contribution in [3.63, 3.8) is 0 Å². The van der Waals surface area contributed by atoms with Gasteiger partial charge in [-0.3, -0.25) is 14.4 Å². The van der Waals surface area contributed by atoms with Crippen molar-refractivity contribution in [1.82, 2.24) is 9.80 Å². The van der Waals surface area contributed by atoms with Gasteiger partial charge in [0.1, 0.15) is 6.04 Å². The minimum atomic E-state index is -0.745. The molecule has 2 bridgehead atoms. The second-order valence-corrected chi connectivity index (χ2v) is 13.9. The molecule has 37 heavy (non-hydrogen) atoms. The van der Waals surface area contributed by atoms with Gasteiger partial charge in [-0.25, -0.2) is 0 Å². The lowest BCUT2D eigenvalue weighted by Crippen LogP contribution is -2.60. The zero-order valence-corrected chi connectivity index (χ0v) is 24.4. The van der Waals surface area contributed by atoms with Gasteiger partial charge in [-0.1, -0.05) is 61.2 Å². The summed E-state index contributed by atoms with van der Waals surface area (Å²) in [4.78, 5) is 45.8. The second kappa shape index (κ2) is 11.8. The van der Waals surface area contributed by atoms with Crippen molar-refractivity contribution in [3.05, 3.63) is 25.3 Å². The van der Waals surface area contributed by atoms with Gasteiger partial charge in [0.05, 0.1) is 35.8 Å². The van der Waals surface area contributed by atoms with E-state index in [9.17, 15) is 19.5 Å². The number of likely N-dealkylation sites (tertiary alicyclic amines) is 1. The number of halogens is 1. The molecule has 1 N–H and O–H groups in total. The van der Waals surface area contributed by atoms with Crippen LogP contribution < -0.4 is 0 Å². The van der Waals surface area contributed by atoms with Crippen LogP contribution in [-0.4, -0.2) is 85.4 Å². The number of alkyl halides is 1. The third-order valence-electron chi connectivity index (χ3n) is 8.74. The third-order valence-corrected chi connectivity index (χ3v) is 12.0. The van der Waals surface area contributed by atoms with Gasteiger partial charge in [0.25, 0.3) is 0 Å². The number of thioether (sulfide) groups is 1. The van der Waals surface area contributed by atoms with Gasteiger partial charge in [0, 0.05) is 22.7 Å². The van der Waals surface area contributed by atoms with Gasteiger partial charge < -0.3 is 19.6 Å². The molecule has 2 amide bonds. The molecule has 0 aromatic rings. The summed E-state index contributed by atoms with van der Waals surface area (Å²) in [6.45, 7) is 11.9. The van der Waals surface area contributed by atoms with Gasteiger partial charge in [0.15, 0.2) is 0 Å². The maximum absolute atomic E-state index is 14.6. The molecule has 9 heteroatoms. The molecule has 1 spiro atoms. The predicted octanol–water partition coefficient (Wildman–Crippen LogP) is 3.93. The summed E-state index contributed by atoms with van der Waals surface area (Å²) in [5, 5.41) is 10.3. The molecule has 0 aromatic carbocycles. The number of ether oxygens (including phenoxy) is 1. The topological polar surface area (TPSA) is 87.2 Å². The van der Waals surface area contributed by atoms with Crippen LogP contribution in [0.2, 0.25) is 0 Å². The molecule has 7 nitrogen and oxygen atoms in total. The molecule has 1 aliphatic carbocycles. The Morgan fingerprint density at radius 1 is 1.27 bits per heavy atom. The van der Waals surface area contributed by atoms with Crippen molar-refractivity contribution in [2.45, 2.75) is 91.7 Å². The summed E-state index contributed by atoms with van der Waals surface area (Å²) < 4.78 is 4.85. The van der Waals surface area contributed by atoms with Gasteiger partial charge in [-0.2, -0.15) is 0 Å². The molecule has 206 valence electrons. The van der Waals surface area contributed by atoms with Gasteiger partial charge >= 0.3 is 5.97 Å². The van der Waals surface area contributed by atoms with Crippen LogP contribution in [0.25, 0.3) is 0 Å². The summed E-state index contributed by atoms with van der Waals surface area (Å²) in [6, 6.07) is -1.14. The van der Waals surface area contributed by atoms with Crippen molar-refractivity contribution in [2.24, 2.45) is 17.8 Å². The fourth-order valence-corrected chi connectivity index (χ4v) is 10.6. The van der Waals surface area contributed by atoms with Gasteiger partial charge in [-0.15, -0.1) is 24.9 Å². The number of fused-ring (bicyclic) bond motifs is 1. The summed E-state index contributed by atoms with van der Waals surface area (Å²) in [7, 11) is 0. The first-order chi connectivity index (χ1) is 17.7. The van der Waals surface area contributed by atoms with Crippen molar-refractivity contribution in [1.29, 1.82) is 0 Å². The number of hydrogen-bond donors (Lipinski definition) is 1. The smallest absolute Gasteiger partial charge is 0.310 e. The Hall–Kier alpha value is -1.32. The Balaban J connectivity index is 1.77. The van der Waals surface area contributed by atoms with Gasteiger partial charge in [-0.05, 0) is 31.6 Å². The predicted molar refractivity (Wildman–Crippen MR) is 149 cm³/mol. The number of nitrogens with zero attached hydrogens (tertiary/aromatic N) is 2. The summed E-state index contributed by atoms with van der Waals surface area (Å²) >= 11 is 5.41. The zero-order chi connectivity index (χ0) is 26.9. The number of amides is 2. The molecular formula is C28H41BrN2O5S. The molecule has 3 unspecified atom stereocenters. The van der Waals surface area contributed by atoms with Crippen LogP contribution in [0.4, 0.5) is 0 Å². The van der Waals surface area contributed by atoms with E-state index in [2.05, 4.69) is 29.1 Å². The van der Waals surface area contributed by atoms with Crippen LogP contribution in [0.5, 0.6) is 0 Å². The van der Waals surface area contributed by atoms with E-state index in [4.69, 9.17) is 4.74 Å². The molecule has 7 atom stereocenters. The largest absolute Gasteiger partial charge is 0.465 e. The number of hydrogen-bond acceptors (Lipinski definition) is 6. The fourth-order valence-electron chi connectivity index (χ4n) is 7.04. The normalized spacial score (nSPS) is 33.9. The SMILES string of the molecule is C=CCCOC(=O)[C@H]1[C@@H]2SC3(CC2Br)C(C(=O)N(CC=C)C2CCCCC2)N([C@@H](CO)C(C)C)C(=O)[C@H]13. The highest BCUT2D eigenvalue weighted by molar-refractivity contribution is 9.09. The van der Waals surface area contributed by atoms with Crippen molar-refractivity contribution in [2.75, 3.05) is 19.8 Å². The molecule has 0 radical (unpaired) electrons. The average Bonchev–Trinajstić information content (AvgIpc) is 3.47. The summed E-state index contributed by atoms with van der Waals surface area (Å²) in [6.07, 6.45) is 9.84. The van der Waals surface area contributed by atoms with E-state index in [-0.39, 0.29) is 53.0 Å². The van der Waals surface area contributed by atoms with E-state index < -0.39 is 28.7 Å². The monoisotopic (exact) mass is 596 g/mol. The van der Waals surface area contributed by atoms with E-state index in [1.165, 1.54) is 6.42 Å². The molecule has 4 aliphatic rings. The Kier molecular flexibility index (Phi) is 9.17. The zero-order valence-electron chi connectivity index (χ0n) is 22.0. The molecule has 3 aliphatic heterocycles. The minimum Gasteiger partial charge on any atom is -0.465 e. The van der Waals surface area contributed by atoms with E-state index in [0.29, 0.717) is 19.4 Å². The lowest BCUT2D eigenvalue weighted by atomic mass is 9.71. The van der Waals surface area contributed by atoms with Crippen LogP contribution in [0.3, 0.4) is 0 Å². The summed E-state index contributed by atoms with van der Waals surface area (Å²) in [5.74, 6) is -1.98. The Labute approximate surface area is 233 Å². The first kappa shape index (κ1) is 28.7. The Morgan fingerprint density at radius 2 is 1.97 bits per heavy atom. The van der Waals surface area contributed by atoms with Crippen LogP contribution >= 0.6 is 27.7 Å². The van der Waals surface area contributed by atoms with Crippen molar-refractivity contribution < 1.29 is 24.2 Å². The first-order valence-corrected chi connectivity index (χ1v) is 15.5.